The van der Waals surface area contributed by atoms with Crippen molar-refractivity contribution in [2.24, 2.45) is 0 Å². The molecule has 6 aromatic carbocycles. The second-order valence-corrected chi connectivity index (χ2v) is 12.1. The maximum atomic E-state index is 4.51. The summed E-state index contributed by atoms with van der Waals surface area (Å²) < 4.78 is 0. The molecule has 43 heavy (non-hydrogen) atoms. The van der Waals surface area contributed by atoms with Crippen molar-refractivity contribution in [3.8, 4) is 33.4 Å². The zero-order valence-electron chi connectivity index (χ0n) is 24.7. The van der Waals surface area contributed by atoms with Crippen LogP contribution in [0.2, 0.25) is 0 Å². The highest BCUT2D eigenvalue weighted by atomic mass is 14.7. The minimum atomic E-state index is 0.669. The zero-order chi connectivity index (χ0) is 28.8. The van der Waals surface area contributed by atoms with Crippen molar-refractivity contribution in [1.29, 1.82) is 0 Å². The van der Waals surface area contributed by atoms with Crippen LogP contribution in [0, 0.1) is 6.92 Å². The Labute approximate surface area is 253 Å². The number of rotatable bonds is 4. The molecule has 1 nitrogen and oxygen atoms in total. The van der Waals surface area contributed by atoms with Gasteiger partial charge in [0.2, 0.25) is 0 Å². The van der Waals surface area contributed by atoms with E-state index in [2.05, 4.69) is 127 Å². The Morgan fingerprint density at radius 1 is 0.465 bits per heavy atom. The molecule has 1 fully saturated rings. The van der Waals surface area contributed by atoms with Crippen LogP contribution in [0.3, 0.4) is 0 Å². The van der Waals surface area contributed by atoms with Crippen LogP contribution in [0.25, 0.3) is 65.7 Å². The highest BCUT2D eigenvalue weighted by molar-refractivity contribution is 6.23. The Hall–Kier alpha value is -4.75. The van der Waals surface area contributed by atoms with Crippen LogP contribution in [0.5, 0.6) is 0 Å². The van der Waals surface area contributed by atoms with E-state index in [-0.39, 0.29) is 0 Å². The van der Waals surface area contributed by atoms with E-state index in [4.69, 9.17) is 0 Å². The summed E-state index contributed by atoms with van der Waals surface area (Å²) in [6.07, 6.45) is 8.55. The number of aryl methyl sites for hydroxylation is 1. The first kappa shape index (κ1) is 25.9. The van der Waals surface area contributed by atoms with Crippen LogP contribution in [-0.2, 0) is 0 Å². The third-order valence-corrected chi connectivity index (χ3v) is 9.70. The second-order valence-electron chi connectivity index (χ2n) is 12.1. The molecule has 0 aliphatic heterocycles. The van der Waals surface area contributed by atoms with Crippen molar-refractivity contribution < 1.29 is 0 Å². The average molecular weight is 554 g/mol. The van der Waals surface area contributed by atoms with Crippen LogP contribution in [0.15, 0.2) is 128 Å². The predicted molar refractivity (Wildman–Crippen MR) is 184 cm³/mol. The Morgan fingerprint density at radius 3 is 1.65 bits per heavy atom. The first-order valence-electron chi connectivity index (χ1n) is 15.8. The van der Waals surface area contributed by atoms with Gasteiger partial charge in [-0.1, -0.05) is 135 Å². The Kier molecular flexibility index (Phi) is 6.52. The van der Waals surface area contributed by atoms with Gasteiger partial charge >= 0.3 is 0 Å². The van der Waals surface area contributed by atoms with Crippen molar-refractivity contribution in [2.75, 3.05) is 0 Å². The van der Waals surface area contributed by atoms with Crippen molar-refractivity contribution in [2.45, 2.75) is 44.9 Å². The zero-order valence-corrected chi connectivity index (χ0v) is 24.7. The molecule has 0 spiro atoms. The van der Waals surface area contributed by atoms with E-state index in [1.807, 2.05) is 12.3 Å². The molecule has 0 amide bonds. The monoisotopic (exact) mass is 553 g/mol. The summed E-state index contributed by atoms with van der Waals surface area (Å²) in [5.74, 6) is 0.669. The van der Waals surface area contributed by atoms with Gasteiger partial charge in [-0.25, -0.2) is 0 Å². The number of aromatic nitrogens is 1. The lowest BCUT2D eigenvalue weighted by Crippen LogP contribution is -2.05. The van der Waals surface area contributed by atoms with Gasteiger partial charge in [0.05, 0.1) is 0 Å². The molecule has 0 radical (unpaired) electrons. The minimum absolute atomic E-state index is 0.669. The fourth-order valence-corrected chi connectivity index (χ4v) is 7.65. The van der Waals surface area contributed by atoms with Gasteiger partial charge in [-0.05, 0) is 97.4 Å². The summed E-state index contributed by atoms with van der Waals surface area (Å²) >= 11 is 0. The summed E-state index contributed by atoms with van der Waals surface area (Å²) in [5.41, 5.74) is 10.2. The van der Waals surface area contributed by atoms with Gasteiger partial charge in [0, 0.05) is 17.5 Å². The number of nitrogens with zero attached hydrogens (tertiary/aromatic N) is 1. The van der Waals surface area contributed by atoms with Crippen molar-refractivity contribution in [3.63, 3.8) is 0 Å². The summed E-state index contributed by atoms with van der Waals surface area (Å²) in [7, 11) is 0. The van der Waals surface area contributed by atoms with E-state index in [1.54, 1.807) is 0 Å². The molecule has 7 aromatic rings. The fraction of sp³-hybridized carbons (Fsp3) is 0.167. The van der Waals surface area contributed by atoms with Gasteiger partial charge in [0.25, 0.3) is 0 Å². The number of hydrogen-bond acceptors (Lipinski definition) is 1. The van der Waals surface area contributed by atoms with Gasteiger partial charge in [-0.3, -0.25) is 4.98 Å². The molecular formula is C42H35N. The molecule has 1 heteroatoms. The van der Waals surface area contributed by atoms with E-state index < -0.39 is 0 Å². The molecule has 1 heterocycles. The second kappa shape index (κ2) is 10.8. The molecular weight excluding hydrogens is 518 g/mol. The largest absolute Gasteiger partial charge is 0.261 e. The third-order valence-electron chi connectivity index (χ3n) is 9.70. The first-order chi connectivity index (χ1) is 21.3. The smallest absolute Gasteiger partial charge is 0.0450 e. The fourth-order valence-electron chi connectivity index (χ4n) is 7.65. The standard InChI is InChI=1S/C42H35N/c1-28-32(20-11-27-43-28)30-21-23-31(24-22-30)41-36-16-7-9-18-38(36)42(39-19-10-8-17-37(39)41)40-26-25-33(29-12-3-2-4-13-29)34-14-5-6-15-35(34)40/h5-11,14-27,29H,2-4,12-13H2,1H3. The lowest BCUT2D eigenvalue weighted by Gasteiger charge is -2.25. The van der Waals surface area contributed by atoms with Crippen molar-refractivity contribution in [1.82, 2.24) is 4.98 Å². The summed E-state index contributed by atoms with van der Waals surface area (Å²) in [4.78, 5) is 4.51. The number of hydrogen-bond donors (Lipinski definition) is 0. The molecule has 0 atom stereocenters. The molecule has 1 aromatic heterocycles. The van der Waals surface area contributed by atoms with Crippen LogP contribution in [0.1, 0.15) is 49.3 Å². The van der Waals surface area contributed by atoms with E-state index >= 15 is 0 Å². The summed E-state index contributed by atoms with van der Waals surface area (Å²) in [5, 5.41) is 7.98. The molecule has 1 aliphatic rings. The molecule has 0 unspecified atom stereocenters. The number of benzene rings is 6. The highest BCUT2D eigenvalue weighted by Gasteiger charge is 2.21. The predicted octanol–water partition coefficient (Wildman–Crippen LogP) is 11.9. The summed E-state index contributed by atoms with van der Waals surface area (Å²) in [6, 6.07) is 45.2. The van der Waals surface area contributed by atoms with Crippen LogP contribution in [0.4, 0.5) is 0 Å². The van der Waals surface area contributed by atoms with Crippen molar-refractivity contribution >= 4 is 32.3 Å². The van der Waals surface area contributed by atoms with Gasteiger partial charge in [0.1, 0.15) is 0 Å². The Bertz CT molecular complexity index is 2060. The number of pyridine rings is 1. The van der Waals surface area contributed by atoms with Crippen molar-refractivity contribution in [3.05, 3.63) is 139 Å². The minimum Gasteiger partial charge on any atom is -0.261 e. The number of fused-ring (bicyclic) bond motifs is 3. The first-order valence-corrected chi connectivity index (χ1v) is 15.8. The van der Waals surface area contributed by atoms with Crippen LogP contribution >= 0.6 is 0 Å². The molecule has 0 bridgehead atoms. The topological polar surface area (TPSA) is 12.9 Å². The Balaban J connectivity index is 1.37. The normalized spacial score (nSPS) is 14.1. The molecule has 208 valence electrons. The summed E-state index contributed by atoms with van der Waals surface area (Å²) in [6.45, 7) is 2.08. The van der Waals surface area contributed by atoms with Gasteiger partial charge in [0.15, 0.2) is 0 Å². The molecule has 0 N–H and O–H groups in total. The maximum absolute atomic E-state index is 4.51. The van der Waals surface area contributed by atoms with E-state index in [0.717, 1.165) is 5.69 Å². The van der Waals surface area contributed by atoms with Crippen LogP contribution in [-0.4, -0.2) is 4.98 Å². The maximum Gasteiger partial charge on any atom is 0.0450 e. The van der Waals surface area contributed by atoms with E-state index in [0.29, 0.717) is 5.92 Å². The molecule has 1 saturated carbocycles. The lowest BCUT2D eigenvalue weighted by molar-refractivity contribution is 0.445. The highest BCUT2D eigenvalue weighted by Crippen LogP contribution is 2.47. The van der Waals surface area contributed by atoms with Gasteiger partial charge in [-0.15, -0.1) is 0 Å². The van der Waals surface area contributed by atoms with E-state index in [1.165, 1.54) is 103 Å². The third kappa shape index (κ3) is 4.43. The molecule has 1 aliphatic carbocycles. The SMILES string of the molecule is Cc1ncccc1-c1ccc(-c2c3ccccc3c(-c3ccc(C4CCCCC4)c4ccccc34)c3ccccc23)cc1. The lowest BCUT2D eigenvalue weighted by atomic mass is 9.79. The quantitative estimate of drug-likeness (QED) is 0.198. The van der Waals surface area contributed by atoms with Crippen LogP contribution < -0.4 is 0 Å². The van der Waals surface area contributed by atoms with E-state index in [9.17, 15) is 0 Å². The van der Waals surface area contributed by atoms with Gasteiger partial charge < -0.3 is 0 Å². The molecule has 0 saturated heterocycles. The molecule has 8 rings (SSSR count). The Morgan fingerprint density at radius 2 is 1.02 bits per heavy atom. The van der Waals surface area contributed by atoms with Gasteiger partial charge in [-0.2, -0.15) is 0 Å². The average Bonchev–Trinajstić information content (AvgIpc) is 3.08.